The number of anilines is 1. The molecule has 4 atom stereocenters. The fourth-order valence-corrected chi connectivity index (χ4v) is 5.62. The number of aromatic nitrogens is 4. The molecule has 0 radical (unpaired) electrons. The van der Waals surface area contributed by atoms with E-state index in [1.807, 2.05) is 20.8 Å². The van der Waals surface area contributed by atoms with Gasteiger partial charge in [0.15, 0.2) is 0 Å². The molecule has 1 saturated carbocycles. The van der Waals surface area contributed by atoms with Crippen LogP contribution in [0.5, 0.6) is 0 Å². The van der Waals surface area contributed by atoms with Gasteiger partial charge in [-0.15, -0.1) is 5.10 Å². The highest BCUT2D eigenvalue weighted by atomic mass is 19.1. The first-order valence-electron chi connectivity index (χ1n) is 12.7. The summed E-state index contributed by atoms with van der Waals surface area (Å²) < 4.78 is 40.4. The normalized spacial score (nSPS) is 25.4. The number of benzene rings is 1. The van der Waals surface area contributed by atoms with Crippen molar-refractivity contribution < 1.29 is 27.8 Å². The van der Waals surface area contributed by atoms with E-state index in [-0.39, 0.29) is 29.6 Å². The number of cyclic esters (lactones) is 1. The Labute approximate surface area is 227 Å². The summed E-state index contributed by atoms with van der Waals surface area (Å²) in [5.41, 5.74) is 0.179. The number of halogens is 2. The fourth-order valence-electron chi connectivity index (χ4n) is 5.62. The van der Waals surface area contributed by atoms with Crippen LogP contribution in [0.3, 0.4) is 0 Å². The smallest absolute Gasteiger partial charge is 0.416 e. The Morgan fingerprint density at radius 3 is 2.48 bits per heavy atom. The van der Waals surface area contributed by atoms with Crippen molar-refractivity contribution >= 4 is 17.9 Å². The quantitative estimate of drug-likeness (QED) is 0.478. The summed E-state index contributed by atoms with van der Waals surface area (Å²) in [6.07, 6.45) is 0.230. The summed E-state index contributed by atoms with van der Waals surface area (Å²) in [7, 11) is 0. The van der Waals surface area contributed by atoms with Crippen LogP contribution in [0.1, 0.15) is 32.7 Å². The average molecular weight is 550 g/mol. The number of fused-ring (bicyclic) bond motifs is 1. The summed E-state index contributed by atoms with van der Waals surface area (Å²) in [5.74, 6) is -1.45. The van der Waals surface area contributed by atoms with Crippen molar-refractivity contribution in [2.45, 2.75) is 38.0 Å². The molecule has 2 saturated heterocycles. The molecule has 0 spiro atoms. The number of nitriles is 1. The molecule has 4 heterocycles. The van der Waals surface area contributed by atoms with Gasteiger partial charge in [0.05, 0.1) is 24.0 Å². The van der Waals surface area contributed by atoms with Crippen molar-refractivity contribution in [3.8, 4) is 17.2 Å². The number of carbonyl (C=O) groups excluding carboxylic acids is 2. The second-order valence-electron chi connectivity index (χ2n) is 11.1. The van der Waals surface area contributed by atoms with Crippen LogP contribution in [-0.2, 0) is 14.9 Å². The largest absolute Gasteiger partial charge is 0.444 e. The number of ether oxygens (including phenoxy) is 2. The Hall–Kier alpha value is -4.60. The maximum Gasteiger partial charge on any atom is 0.416 e. The van der Waals surface area contributed by atoms with Gasteiger partial charge in [-0.3, -0.25) is 9.88 Å². The number of hydrogen-bond acceptors (Lipinski definition) is 8. The summed E-state index contributed by atoms with van der Waals surface area (Å²) in [6, 6.07) is 10.1. The number of hydrogen-bond donors (Lipinski definition) is 0. The van der Waals surface area contributed by atoms with Crippen LogP contribution in [0.25, 0.3) is 11.1 Å². The highest BCUT2D eigenvalue weighted by Crippen LogP contribution is 2.62. The molecule has 2 aromatic heterocycles. The van der Waals surface area contributed by atoms with Gasteiger partial charge < -0.3 is 14.4 Å². The minimum Gasteiger partial charge on any atom is -0.444 e. The van der Waals surface area contributed by atoms with Gasteiger partial charge in [-0.05, 0) is 45.0 Å². The van der Waals surface area contributed by atoms with Gasteiger partial charge in [0.2, 0.25) is 12.2 Å². The Balaban J connectivity index is 1.15. The molecule has 6 rings (SSSR count). The maximum atomic E-state index is 15.2. The highest BCUT2D eigenvalue weighted by Gasteiger charge is 2.71. The Kier molecular flexibility index (Phi) is 5.76. The minimum absolute atomic E-state index is 0.0468. The van der Waals surface area contributed by atoms with Crippen molar-refractivity contribution in [3.63, 3.8) is 0 Å². The molecular weight excluding hydrogens is 524 g/mol. The molecule has 206 valence electrons. The molecule has 40 heavy (non-hydrogen) atoms. The van der Waals surface area contributed by atoms with E-state index in [1.165, 1.54) is 23.2 Å². The summed E-state index contributed by atoms with van der Waals surface area (Å²) >= 11 is 0. The van der Waals surface area contributed by atoms with Crippen LogP contribution in [0, 0.1) is 34.9 Å². The molecule has 2 amide bonds. The zero-order valence-electron chi connectivity index (χ0n) is 21.9. The van der Waals surface area contributed by atoms with E-state index in [4.69, 9.17) is 9.47 Å². The van der Waals surface area contributed by atoms with Crippen LogP contribution in [0.4, 0.5) is 24.1 Å². The third-order valence-corrected chi connectivity index (χ3v) is 7.58. The molecule has 1 aliphatic carbocycles. The van der Waals surface area contributed by atoms with Gasteiger partial charge in [-0.1, -0.05) is 11.3 Å². The summed E-state index contributed by atoms with van der Waals surface area (Å²) in [6.45, 7) is 6.18. The van der Waals surface area contributed by atoms with Crippen LogP contribution < -0.4 is 4.90 Å². The van der Waals surface area contributed by atoms with Crippen molar-refractivity contribution in [1.82, 2.24) is 24.9 Å². The maximum absolute atomic E-state index is 15.2. The predicted molar refractivity (Wildman–Crippen MR) is 135 cm³/mol. The third kappa shape index (κ3) is 4.11. The van der Waals surface area contributed by atoms with E-state index >= 15 is 4.39 Å². The molecule has 1 aromatic carbocycles. The number of piperidine rings is 1. The lowest BCUT2D eigenvalue weighted by atomic mass is 9.95. The lowest BCUT2D eigenvalue weighted by Crippen LogP contribution is -2.39. The Bertz CT molecular complexity index is 1530. The fraction of sp³-hybridized carbons (Fsp3) is 0.407. The second kappa shape index (κ2) is 8.97. The van der Waals surface area contributed by atoms with Gasteiger partial charge in [0.1, 0.15) is 23.0 Å². The van der Waals surface area contributed by atoms with Crippen molar-refractivity contribution in [3.05, 3.63) is 60.2 Å². The van der Waals surface area contributed by atoms with Crippen molar-refractivity contribution in [2.75, 3.05) is 24.5 Å². The third-order valence-electron chi connectivity index (χ3n) is 7.58. The predicted octanol–water partition coefficient (Wildman–Crippen LogP) is 4.03. The van der Waals surface area contributed by atoms with E-state index < -0.39 is 41.2 Å². The number of carbonyl (C=O) groups is 2. The Morgan fingerprint density at radius 1 is 1.15 bits per heavy atom. The molecule has 0 N–H and O–H groups in total. The van der Waals surface area contributed by atoms with Crippen LogP contribution in [0.15, 0.2) is 42.7 Å². The molecular formula is C27H25F2N7O4. The van der Waals surface area contributed by atoms with Gasteiger partial charge >= 0.3 is 12.2 Å². The minimum atomic E-state index is -1.03. The zero-order valence-corrected chi connectivity index (χ0v) is 21.9. The monoisotopic (exact) mass is 549 g/mol. The number of pyridine rings is 1. The molecule has 3 aliphatic rings. The summed E-state index contributed by atoms with van der Waals surface area (Å²) in [4.78, 5) is 32.1. The molecule has 3 aromatic rings. The lowest BCUT2D eigenvalue weighted by Gasteiger charge is -2.27. The Morgan fingerprint density at radius 2 is 1.90 bits per heavy atom. The standard InChI is InChI=1S/C27H25F2N7O4/c1-26(2,3)40-24(37)34-11-18-19(12-34)27(18,14-30)21-7-4-15(9-31-21)17-6-5-16(8-20(17)28)35-13-23(39-25(35)38)36-22(29)10-32-33-36/h4-10,18-19,23H,11-13H2,1-3H3/t18-,19+,23?,27?. The van der Waals surface area contributed by atoms with E-state index in [9.17, 15) is 19.2 Å². The summed E-state index contributed by atoms with van der Waals surface area (Å²) in [5, 5.41) is 17.1. The van der Waals surface area contributed by atoms with E-state index in [0.29, 0.717) is 24.3 Å². The molecule has 13 heteroatoms. The topological polar surface area (TPSA) is 126 Å². The van der Waals surface area contributed by atoms with Crippen molar-refractivity contribution in [2.24, 2.45) is 11.8 Å². The van der Waals surface area contributed by atoms with Gasteiger partial charge in [-0.2, -0.15) is 14.3 Å². The molecule has 2 unspecified atom stereocenters. The molecule has 2 aliphatic heterocycles. The average Bonchev–Trinajstić information content (AvgIpc) is 3.35. The number of rotatable bonds is 4. The molecule has 3 fully saturated rings. The van der Waals surface area contributed by atoms with E-state index in [1.54, 1.807) is 23.1 Å². The molecule has 0 bridgehead atoms. The van der Waals surface area contributed by atoms with Gasteiger partial charge in [0, 0.05) is 42.2 Å². The van der Waals surface area contributed by atoms with E-state index in [2.05, 4.69) is 21.4 Å². The van der Waals surface area contributed by atoms with Crippen LogP contribution in [-0.4, -0.2) is 62.3 Å². The van der Waals surface area contributed by atoms with Crippen molar-refractivity contribution in [1.29, 1.82) is 5.26 Å². The SMILES string of the molecule is CC(C)(C)OC(=O)N1C[C@@H]2[C@H](C1)C2(C#N)c1ccc(-c2ccc(N3CC(n4nncc4F)OC3=O)cc2F)cn1. The van der Waals surface area contributed by atoms with E-state index in [0.717, 1.165) is 10.9 Å². The number of likely N-dealkylation sites (tertiary alicyclic amines) is 1. The number of amides is 2. The second-order valence-corrected chi connectivity index (χ2v) is 11.1. The zero-order chi connectivity index (χ0) is 28.4. The first kappa shape index (κ1) is 25.7. The van der Waals surface area contributed by atoms with Crippen LogP contribution >= 0.6 is 0 Å². The first-order chi connectivity index (χ1) is 19.0. The lowest BCUT2D eigenvalue weighted by molar-refractivity contribution is 0.0265. The molecule has 11 nitrogen and oxygen atoms in total. The number of nitrogens with zero attached hydrogens (tertiary/aromatic N) is 7. The van der Waals surface area contributed by atoms with Crippen LogP contribution in [0.2, 0.25) is 0 Å². The first-order valence-corrected chi connectivity index (χ1v) is 12.7. The van der Waals surface area contributed by atoms with Gasteiger partial charge in [0.25, 0.3) is 0 Å². The van der Waals surface area contributed by atoms with Gasteiger partial charge in [-0.25, -0.2) is 14.0 Å². The highest BCUT2D eigenvalue weighted by molar-refractivity contribution is 5.90.